The molecule has 0 aromatic carbocycles. The summed E-state index contributed by atoms with van der Waals surface area (Å²) in [5, 5.41) is 9.80. The number of H-pyrrole nitrogens is 1. The number of nitrogens with one attached hydrogen (secondary N) is 2. The van der Waals surface area contributed by atoms with Crippen LogP contribution in [-0.4, -0.2) is 22.6 Å². The molecule has 0 radical (unpaired) electrons. The van der Waals surface area contributed by atoms with Crippen LogP contribution < -0.4 is 5.32 Å². The maximum Gasteiger partial charge on any atom is 0.132 e. The minimum absolute atomic E-state index is 0.654. The Bertz CT molecular complexity index is 273. The predicted octanol–water partition coefficient (Wildman–Crippen LogP) is 0.602. The van der Waals surface area contributed by atoms with Gasteiger partial charge >= 0.3 is 0 Å². The van der Waals surface area contributed by atoms with Gasteiger partial charge in [0.15, 0.2) is 0 Å². The zero-order valence-corrected chi connectivity index (χ0v) is 5.68. The first-order valence-electron chi connectivity index (χ1n) is 3.16. The highest BCUT2D eigenvalue weighted by atomic mass is 15.2. The first-order chi connectivity index (χ1) is 4.88. The standard InChI is InChI=1S/C6H8N4/c1-4-5-2-9-10-6(5)8-3-7-4/h2H,3H2,1H3,(H2,8,9,10). The highest BCUT2D eigenvalue weighted by Crippen LogP contribution is 2.14. The van der Waals surface area contributed by atoms with Crippen LogP contribution in [0, 0.1) is 0 Å². The molecule has 2 rings (SSSR count). The van der Waals surface area contributed by atoms with E-state index in [9.17, 15) is 0 Å². The molecule has 0 bridgehead atoms. The van der Waals surface area contributed by atoms with Gasteiger partial charge in [-0.25, -0.2) is 0 Å². The fourth-order valence-corrected chi connectivity index (χ4v) is 1.02. The predicted molar refractivity (Wildman–Crippen MR) is 39.3 cm³/mol. The molecule has 0 saturated heterocycles. The molecule has 2 heterocycles. The lowest BCUT2D eigenvalue weighted by molar-refractivity contribution is 1.04. The molecule has 2 N–H and O–H groups in total. The summed E-state index contributed by atoms with van der Waals surface area (Å²) >= 11 is 0. The monoisotopic (exact) mass is 136 g/mol. The van der Waals surface area contributed by atoms with E-state index in [1.54, 1.807) is 6.20 Å². The molecule has 0 unspecified atom stereocenters. The average Bonchev–Trinajstić information content (AvgIpc) is 2.36. The van der Waals surface area contributed by atoms with Crippen molar-refractivity contribution in [1.82, 2.24) is 10.2 Å². The molecule has 0 aliphatic carbocycles. The van der Waals surface area contributed by atoms with Crippen molar-refractivity contribution in [3.63, 3.8) is 0 Å². The Balaban J connectivity index is 2.55. The SMILES string of the molecule is CC1=NCNc2[nH]ncc21. The molecule has 1 aliphatic rings. The summed E-state index contributed by atoms with van der Waals surface area (Å²) in [6, 6.07) is 0. The summed E-state index contributed by atoms with van der Waals surface area (Å²) < 4.78 is 0. The Kier molecular flexibility index (Phi) is 1.00. The average molecular weight is 136 g/mol. The fraction of sp³-hybridized carbons (Fsp3) is 0.333. The van der Waals surface area contributed by atoms with Crippen molar-refractivity contribution in [3.8, 4) is 0 Å². The van der Waals surface area contributed by atoms with Crippen molar-refractivity contribution in [1.29, 1.82) is 0 Å². The van der Waals surface area contributed by atoms with Crippen LogP contribution in [0.3, 0.4) is 0 Å². The number of aromatic amines is 1. The van der Waals surface area contributed by atoms with E-state index in [1.807, 2.05) is 6.92 Å². The first-order valence-corrected chi connectivity index (χ1v) is 3.16. The van der Waals surface area contributed by atoms with Gasteiger partial charge in [-0.1, -0.05) is 0 Å². The van der Waals surface area contributed by atoms with Gasteiger partial charge in [-0.05, 0) is 6.92 Å². The Hall–Kier alpha value is -1.32. The highest BCUT2D eigenvalue weighted by molar-refractivity contribution is 6.03. The van der Waals surface area contributed by atoms with E-state index in [0.29, 0.717) is 6.67 Å². The van der Waals surface area contributed by atoms with E-state index < -0.39 is 0 Å². The molecule has 0 spiro atoms. The van der Waals surface area contributed by atoms with Gasteiger partial charge in [0.2, 0.25) is 0 Å². The van der Waals surface area contributed by atoms with Crippen LogP contribution in [0.15, 0.2) is 11.2 Å². The smallest absolute Gasteiger partial charge is 0.132 e. The molecular weight excluding hydrogens is 128 g/mol. The zero-order chi connectivity index (χ0) is 6.97. The maximum atomic E-state index is 4.19. The Morgan fingerprint density at radius 1 is 1.60 bits per heavy atom. The second kappa shape index (κ2) is 1.83. The van der Waals surface area contributed by atoms with Crippen molar-refractivity contribution in [2.24, 2.45) is 4.99 Å². The number of aromatic nitrogens is 2. The quantitative estimate of drug-likeness (QED) is 0.548. The van der Waals surface area contributed by atoms with Crippen LogP contribution in [0.5, 0.6) is 0 Å². The molecule has 4 nitrogen and oxygen atoms in total. The summed E-state index contributed by atoms with van der Waals surface area (Å²) in [5.41, 5.74) is 2.12. The van der Waals surface area contributed by atoms with Crippen molar-refractivity contribution in [3.05, 3.63) is 11.8 Å². The highest BCUT2D eigenvalue weighted by Gasteiger charge is 2.10. The number of nitrogens with zero attached hydrogens (tertiary/aromatic N) is 2. The van der Waals surface area contributed by atoms with Gasteiger partial charge in [-0.15, -0.1) is 0 Å². The summed E-state index contributed by atoms with van der Waals surface area (Å²) in [7, 11) is 0. The fourth-order valence-electron chi connectivity index (χ4n) is 1.02. The molecule has 4 heteroatoms. The van der Waals surface area contributed by atoms with E-state index in [0.717, 1.165) is 17.1 Å². The lowest BCUT2D eigenvalue weighted by atomic mass is 10.2. The second-order valence-corrected chi connectivity index (χ2v) is 2.24. The minimum Gasteiger partial charge on any atom is -0.351 e. The zero-order valence-electron chi connectivity index (χ0n) is 5.68. The second-order valence-electron chi connectivity index (χ2n) is 2.24. The molecule has 1 aliphatic heterocycles. The Morgan fingerprint density at radius 2 is 2.50 bits per heavy atom. The molecule has 0 amide bonds. The third-order valence-corrected chi connectivity index (χ3v) is 1.60. The maximum absolute atomic E-state index is 4.19. The number of aliphatic imine (C=N–C) groups is 1. The topological polar surface area (TPSA) is 53.1 Å². The lowest BCUT2D eigenvalue weighted by Gasteiger charge is -2.09. The number of rotatable bonds is 0. The lowest BCUT2D eigenvalue weighted by Crippen LogP contribution is -2.11. The van der Waals surface area contributed by atoms with Crippen LogP contribution in [-0.2, 0) is 0 Å². The molecule has 0 atom stereocenters. The summed E-state index contributed by atoms with van der Waals surface area (Å²) in [6.07, 6.45) is 1.78. The van der Waals surface area contributed by atoms with E-state index in [-0.39, 0.29) is 0 Å². The molecule has 1 aromatic rings. The largest absolute Gasteiger partial charge is 0.351 e. The van der Waals surface area contributed by atoms with Crippen molar-refractivity contribution >= 4 is 11.5 Å². The van der Waals surface area contributed by atoms with Crippen molar-refractivity contribution in [2.45, 2.75) is 6.92 Å². The van der Waals surface area contributed by atoms with Gasteiger partial charge in [0.25, 0.3) is 0 Å². The number of anilines is 1. The minimum atomic E-state index is 0.654. The molecule has 10 heavy (non-hydrogen) atoms. The molecule has 0 fully saturated rings. The van der Waals surface area contributed by atoms with Gasteiger partial charge in [0.1, 0.15) is 12.5 Å². The van der Waals surface area contributed by atoms with Crippen LogP contribution >= 0.6 is 0 Å². The molecular formula is C6H8N4. The van der Waals surface area contributed by atoms with Gasteiger partial charge in [0, 0.05) is 5.71 Å². The van der Waals surface area contributed by atoms with Gasteiger partial charge < -0.3 is 5.32 Å². The van der Waals surface area contributed by atoms with Crippen LogP contribution in [0.25, 0.3) is 0 Å². The number of hydrogen-bond donors (Lipinski definition) is 2. The molecule has 0 saturated carbocycles. The Morgan fingerprint density at radius 3 is 3.30 bits per heavy atom. The van der Waals surface area contributed by atoms with E-state index in [2.05, 4.69) is 20.5 Å². The third kappa shape index (κ3) is 0.618. The van der Waals surface area contributed by atoms with Crippen LogP contribution in [0.4, 0.5) is 5.82 Å². The molecule has 52 valence electrons. The van der Waals surface area contributed by atoms with Crippen molar-refractivity contribution < 1.29 is 0 Å². The van der Waals surface area contributed by atoms with E-state index in [4.69, 9.17) is 0 Å². The normalized spacial score (nSPS) is 15.5. The van der Waals surface area contributed by atoms with Crippen LogP contribution in [0.1, 0.15) is 12.5 Å². The van der Waals surface area contributed by atoms with Crippen molar-refractivity contribution in [2.75, 3.05) is 12.0 Å². The molecule has 1 aromatic heterocycles. The summed E-state index contributed by atoms with van der Waals surface area (Å²) in [6.45, 7) is 2.64. The van der Waals surface area contributed by atoms with E-state index >= 15 is 0 Å². The summed E-state index contributed by atoms with van der Waals surface area (Å²) in [5.74, 6) is 0.979. The number of hydrogen-bond acceptors (Lipinski definition) is 3. The first kappa shape index (κ1) is 5.46. The van der Waals surface area contributed by atoms with Gasteiger partial charge in [0.05, 0.1) is 11.8 Å². The Labute approximate surface area is 58.4 Å². The third-order valence-electron chi connectivity index (χ3n) is 1.60. The number of fused-ring (bicyclic) bond motifs is 1. The summed E-state index contributed by atoms with van der Waals surface area (Å²) in [4.78, 5) is 4.19. The van der Waals surface area contributed by atoms with E-state index in [1.165, 1.54) is 0 Å². The van der Waals surface area contributed by atoms with Gasteiger partial charge in [-0.3, -0.25) is 10.1 Å². The van der Waals surface area contributed by atoms with Gasteiger partial charge in [-0.2, -0.15) is 5.10 Å². The van der Waals surface area contributed by atoms with Crippen LogP contribution in [0.2, 0.25) is 0 Å².